The smallest absolute Gasteiger partial charge is 0.250 e. The number of aryl methyl sites for hydroxylation is 2. The first-order chi connectivity index (χ1) is 13.0. The first-order valence-corrected chi connectivity index (χ1v) is 9.47. The summed E-state index contributed by atoms with van der Waals surface area (Å²) in [6, 6.07) is 3.37. The van der Waals surface area contributed by atoms with Gasteiger partial charge >= 0.3 is 0 Å². The molecule has 1 fully saturated rings. The van der Waals surface area contributed by atoms with Gasteiger partial charge in [0, 0.05) is 31.5 Å². The number of pyridine rings is 1. The standard InChI is InChI=1S/C20H27N5O2/c1-14-12-22-20(23-13-14)25-9-7-16(8-10-25)4-3-11-27-18-6-5-17(19(21)26)15(2)24-18/h5-6,12-13,16H,3-4,7-11H2,1-2H3,(H2,21,26). The van der Waals surface area contributed by atoms with Crippen molar-refractivity contribution in [2.45, 2.75) is 39.5 Å². The van der Waals surface area contributed by atoms with Gasteiger partial charge in [0.15, 0.2) is 0 Å². The van der Waals surface area contributed by atoms with Gasteiger partial charge in [-0.1, -0.05) is 0 Å². The summed E-state index contributed by atoms with van der Waals surface area (Å²) in [7, 11) is 0. The van der Waals surface area contributed by atoms with Crippen molar-refractivity contribution in [3.8, 4) is 5.88 Å². The van der Waals surface area contributed by atoms with Crippen LogP contribution in [0.3, 0.4) is 0 Å². The molecule has 7 nitrogen and oxygen atoms in total. The molecule has 1 amide bonds. The molecule has 1 aliphatic rings. The molecule has 0 aromatic carbocycles. The second-order valence-corrected chi connectivity index (χ2v) is 7.13. The summed E-state index contributed by atoms with van der Waals surface area (Å²) >= 11 is 0. The van der Waals surface area contributed by atoms with E-state index in [1.54, 1.807) is 19.1 Å². The molecule has 0 spiro atoms. The second kappa shape index (κ2) is 8.79. The van der Waals surface area contributed by atoms with Gasteiger partial charge in [-0.2, -0.15) is 0 Å². The van der Waals surface area contributed by atoms with Gasteiger partial charge in [-0.25, -0.2) is 15.0 Å². The molecule has 3 rings (SSSR count). The number of carbonyl (C=O) groups is 1. The van der Waals surface area contributed by atoms with Crippen molar-refractivity contribution >= 4 is 11.9 Å². The maximum atomic E-state index is 11.2. The van der Waals surface area contributed by atoms with Crippen molar-refractivity contribution in [2.75, 3.05) is 24.6 Å². The molecule has 0 saturated carbocycles. The highest BCUT2D eigenvalue weighted by Crippen LogP contribution is 2.24. The summed E-state index contributed by atoms with van der Waals surface area (Å²) in [4.78, 5) is 26.6. The quantitative estimate of drug-likeness (QED) is 0.754. The van der Waals surface area contributed by atoms with Gasteiger partial charge < -0.3 is 15.4 Å². The number of piperidine rings is 1. The highest BCUT2D eigenvalue weighted by Gasteiger charge is 2.20. The molecule has 144 valence electrons. The molecule has 0 radical (unpaired) electrons. The minimum Gasteiger partial charge on any atom is -0.478 e. The predicted octanol–water partition coefficient (Wildman–Crippen LogP) is 2.66. The van der Waals surface area contributed by atoms with Crippen LogP contribution in [0.4, 0.5) is 5.95 Å². The molecule has 0 bridgehead atoms. The fourth-order valence-corrected chi connectivity index (χ4v) is 3.40. The molecule has 7 heteroatoms. The van der Waals surface area contributed by atoms with Crippen LogP contribution in [-0.4, -0.2) is 40.6 Å². The topological polar surface area (TPSA) is 94.2 Å². The van der Waals surface area contributed by atoms with Crippen LogP contribution < -0.4 is 15.4 Å². The summed E-state index contributed by atoms with van der Waals surface area (Å²) < 4.78 is 5.72. The van der Waals surface area contributed by atoms with Crippen LogP contribution in [-0.2, 0) is 0 Å². The highest BCUT2D eigenvalue weighted by atomic mass is 16.5. The lowest BCUT2D eigenvalue weighted by atomic mass is 9.92. The van der Waals surface area contributed by atoms with E-state index in [0.29, 0.717) is 29.7 Å². The van der Waals surface area contributed by atoms with Crippen LogP contribution >= 0.6 is 0 Å². The number of nitrogens with zero attached hydrogens (tertiary/aromatic N) is 4. The number of carbonyl (C=O) groups excluding carboxylic acids is 1. The second-order valence-electron chi connectivity index (χ2n) is 7.13. The van der Waals surface area contributed by atoms with E-state index in [1.807, 2.05) is 19.3 Å². The van der Waals surface area contributed by atoms with Gasteiger partial charge in [-0.3, -0.25) is 4.79 Å². The summed E-state index contributed by atoms with van der Waals surface area (Å²) in [6.45, 7) is 6.40. The van der Waals surface area contributed by atoms with Gasteiger partial charge in [-0.15, -0.1) is 0 Å². The van der Waals surface area contributed by atoms with Gasteiger partial charge in [0.25, 0.3) is 5.91 Å². The Kier molecular flexibility index (Phi) is 6.21. The fourth-order valence-electron chi connectivity index (χ4n) is 3.40. The third-order valence-corrected chi connectivity index (χ3v) is 5.00. The number of amides is 1. The Morgan fingerprint density at radius 3 is 2.56 bits per heavy atom. The minimum atomic E-state index is -0.464. The van der Waals surface area contributed by atoms with E-state index in [9.17, 15) is 4.79 Å². The molecule has 1 aliphatic heterocycles. The molecule has 3 heterocycles. The minimum absolute atomic E-state index is 0.437. The van der Waals surface area contributed by atoms with Gasteiger partial charge in [0.05, 0.1) is 17.9 Å². The molecule has 1 saturated heterocycles. The zero-order valence-corrected chi connectivity index (χ0v) is 16.0. The number of anilines is 1. The summed E-state index contributed by atoms with van der Waals surface area (Å²) in [6.07, 6.45) is 8.18. The Bertz CT molecular complexity index is 770. The number of hydrogen-bond acceptors (Lipinski definition) is 6. The molecule has 0 unspecified atom stereocenters. The SMILES string of the molecule is Cc1cnc(N2CCC(CCCOc3ccc(C(N)=O)c(C)n3)CC2)nc1. The van der Waals surface area contributed by atoms with Crippen molar-refractivity contribution in [3.05, 3.63) is 41.3 Å². The van der Waals surface area contributed by atoms with Crippen LogP contribution in [0.1, 0.15) is 47.3 Å². The average Bonchev–Trinajstić information content (AvgIpc) is 2.66. The van der Waals surface area contributed by atoms with Gasteiger partial charge in [-0.05, 0) is 57.1 Å². The monoisotopic (exact) mass is 369 g/mol. The summed E-state index contributed by atoms with van der Waals surface area (Å²) in [5.74, 6) is 1.63. The fraction of sp³-hybridized carbons (Fsp3) is 0.500. The van der Waals surface area contributed by atoms with E-state index < -0.39 is 5.91 Å². The number of primary amides is 1. The Morgan fingerprint density at radius 2 is 1.93 bits per heavy atom. The third kappa shape index (κ3) is 5.15. The first-order valence-electron chi connectivity index (χ1n) is 9.47. The van der Waals surface area contributed by atoms with Crippen molar-refractivity contribution in [1.82, 2.24) is 15.0 Å². The van der Waals surface area contributed by atoms with Crippen LogP contribution in [0.25, 0.3) is 0 Å². The molecule has 0 aliphatic carbocycles. The van der Waals surface area contributed by atoms with E-state index in [1.165, 1.54) is 0 Å². The largest absolute Gasteiger partial charge is 0.478 e. The number of ether oxygens (including phenoxy) is 1. The maximum absolute atomic E-state index is 11.2. The molecular weight excluding hydrogens is 342 g/mol. The summed E-state index contributed by atoms with van der Waals surface area (Å²) in [5.41, 5.74) is 7.42. The van der Waals surface area contributed by atoms with E-state index >= 15 is 0 Å². The average molecular weight is 369 g/mol. The molecular formula is C20H27N5O2. The third-order valence-electron chi connectivity index (χ3n) is 5.00. The predicted molar refractivity (Wildman–Crippen MR) is 104 cm³/mol. The molecule has 2 aromatic heterocycles. The zero-order chi connectivity index (χ0) is 19.2. The normalized spacial score (nSPS) is 15.0. The Balaban J connectivity index is 1.37. The number of nitrogens with two attached hydrogens (primary N) is 1. The first kappa shape index (κ1) is 19.1. The lowest BCUT2D eigenvalue weighted by Gasteiger charge is -2.32. The van der Waals surface area contributed by atoms with E-state index in [-0.39, 0.29) is 0 Å². The molecule has 2 aromatic rings. The highest BCUT2D eigenvalue weighted by molar-refractivity contribution is 5.93. The van der Waals surface area contributed by atoms with Crippen LogP contribution in [0.5, 0.6) is 5.88 Å². The maximum Gasteiger partial charge on any atom is 0.250 e. The van der Waals surface area contributed by atoms with Crippen LogP contribution in [0.2, 0.25) is 0 Å². The van der Waals surface area contributed by atoms with Crippen molar-refractivity contribution < 1.29 is 9.53 Å². The van der Waals surface area contributed by atoms with Gasteiger partial charge in [0.1, 0.15) is 0 Å². The van der Waals surface area contributed by atoms with E-state index in [4.69, 9.17) is 10.5 Å². The zero-order valence-electron chi connectivity index (χ0n) is 16.0. The van der Waals surface area contributed by atoms with Crippen molar-refractivity contribution in [1.29, 1.82) is 0 Å². The van der Waals surface area contributed by atoms with E-state index in [0.717, 1.165) is 50.3 Å². The lowest BCUT2D eigenvalue weighted by Crippen LogP contribution is -2.34. The van der Waals surface area contributed by atoms with Crippen LogP contribution in [0, 0.1) is 19.8 Å². The number of rotatable bonds is 7. The number of aromatic nitrogens is 3. The van der Waals surface area contributed by atoms with Crippen LogP contribution in [0.15, 0.2) is 24.5 Å². The molecule has 0 atom stereocenters. The Labute approximate surface area is 160 Å². The van der Waals surface area contributed by atoms with Crippen molar-refractivity contribution in [3.63, 3.8) is 0 Å². The lowest BCUT2D eigenvalue weighted by molar-refractivity contribution is 0.0999. The molecule has 27 heavy (non-hydrogen) atoms. The summed E-state index contributed by atoms with van der Waals surface area (Å²) in [5, 5.41) is 0. The Hall–Kier alpha value is -2.70. The Morgan fingerprint density at radius 1 is 1.22 bits per heavy atom. The van der Waals surface area contributed by atoms with Gasteiger partial charge in [0.2, 0.25) is 11.8 Å². The molecule has 2 N–H and O–H groups in total. The van der Waals surface area contributed by atoms with E-state index in [2.05, 4.69) is 19.9 Å². The van der Waals surface area contributed by atoms with Crippen molar-refractivity contribution in [2.24, 2.45) is 11.7 Å². The number of hydrogen-bond donors (Lipinski definition) is 1.